The fourth-order valence-corrected chi connectivity index (χ4v) is 2.21. The predicted molar refractivity (Wildman–Crippen MR) is 66.2 cm³/mol. The van der Waals surface area contributed by atoms with Crippen molar-refractivity contribution in [1.29, 1.82) is 0 Å². The molecule has 0 bridgehead atoms. The molecular weight excluding hydrogens is 200 g/mol. The Hall–Kier alpha value is -0.830. The number of aromatic nitrogens is 1. The van der Waals surface area contributed by atoms with Gasteiger partial charge in [0.05, 0.1) is 5.69 Å². The first-order valence-electron chi connectivity index (χ1n) is 5.98. The van der Waals surface area contributed by atoms with E-state index in [4.69, 9.17) is 4.42 Å². The molecule has 92 valence electrons. The fraction of sp³-hybridized carbons (Fsp3) is 0.769. The number of hydrogen-bond acceptors (Lipinski definition) is 3. The summed E-state index contributed by atoms with van der Waals surface area (Å²) in [5.74, 6) is 1.66. The van der Waals surface area contributed by atoms with Crippen LogP contribution in [-0.4, -0.2) is 12.0 Å². The molecule has 0 aromatic carbocycles. The number of nitrogens with one attached hydrogen (secondary N) is 1. The molecule has 0 saturated carbocycles. The number of hydrogen-bond donors (Lipinski definition) is 1. The molecule has 1 aromatic heterocycles. The van der Waals surface area contributed by atoms with Crippen LogP contribution in [0.25, 0.3) is 0 Å². The molecule has 1 atom stereocenters. The molecule has 0 aliphatic rings. The zero-order valence-corrected chi connectivity index (χ0v) is 11.1. The van der Waals surface area contributed by atoms with Crippen molar-refractivity contribution in [3.63, 3.8) is 0 Å². The van der Waals surface area contributed by atoms with E-state index in [0.717, 1.165) is 24.4 Å². The van der Waals surface area contributed by atoms with E-state index in [0.29, 0.717) is 11.3 Å². The molecule has 1 rings (SSSR count). The summed E-state index contributed by atoms with van der Waals surface area (Å²) in [5, 5.41) is 3.11. The van der Waals surface area contributed by atoms with E-state index in [2.05, 4.69) is 38.0 Å². The van der Waals surface area contributed by atoms with Gasteiger partial charge in [-0.2, -0.15) is 0 Å². The van der Waals surface area contributed by atoms with Crippen LogP contribution in [0, 0.1) is 11.3 Å². The Bertz CT molecular complexity index is 312. The highest BCUT2D eigenvalue weighted by Crippen LogP contribution is 2.26. The zero-order chi connectivity index (χ0) is 12.2. The lowest BCUT2D eigenvalue weighted by Gasteiger charge is -2.22. The maximum Gasteiger partial charge on any atom is 0.181 e. The highest BCUT2D eigenvalue weighted by Gasteiger charge is 2.18. The third-order valence-corrected chi connectivity index (χ3v) is 2.56. The first-order chi connectivity index (χ1) is 7.42. The molecule has 0 amide bonds. The van der Waals surface area contributed by atoms with Crippen molar-refractivity contribution in [2.24, 2.45) is 11.3 Å². The van der Waals surface area contributed by atoms with Crippen LogP contribution in [0.15, 0.2) is 10.8 Å². The topological polar surface area (TPSA) is 38.1 Å². The van der Waals surface area contributed by atoms with Gasteiger partial charge in [0, 0.05) is 13.0 Å². The number of nitrogens with zero attached hydrogens (tertiary/aromatic N) is 1. The third kappa shape index (κ3) is 4.35. The van der Waals surface area contributed by atoms with Gasteiger partial charge < -0.3 is 9.73 Å². The van der Waals surface area contributed by atoms with Crippen molar-refractivity contribution >= 4 is 0 Å². The van der Waals surface area contributed by atoms with Crippen LogP contribution in [0.4, 0.5) is 0 Å². The van der Waals surface area contributed by atoms with E-state index in [1.165, 1.54) is 6.42 Å². The van der Waals surface area contributed by atoms with E-state index in [-0.39, 0.29) is 0 Å². The molecule has 1 N–H and O–H groups in total. The molecule has 16 heavy (non-hydrogen) atoms. The van der Waals surface area contributed by atoms with Crippen LogP contribution in [0.3, 0.4) is 0 Å². The summed E-state index contributed by atoms with van der Waals surface area (Å²) < 4.78 is 5.45. The quantitative estimate of drug-likeness (QED) is 0.835. The minimum atomic E-state index is 0.378. The predicted octanol–water partition coefficient (Wildman–Crippen LogP) is 3.01. The second-order valence-electron chi connectivity index (χ2n) is 5.83. The van der Waals surface area contributed by atoms with Crippen molar-refractivity contribution in [2.75, 3.05) is 7.05 Å². The average molecular weight is 224 g/mol. The van der Waals surface area contributed by atoms with Gasteiger partial charge in [0.2, 0.25) is 0 Å². The van der Waals surface area contributed by atoms with Gasteiger partial charge in [-0.25, -0.2) is 4.98 Å². The Morgan fingerprint density at radius 3 is 2.69 bits per heavy atom. The van der Waals surface area contributed by atoms with Crippen LogP contribution in [-0.2, 0) is 13.0 Å². The highest BCUT2D eigenvalue weighted by atomic mass is 16.3. The monoisotopic (exact) mass is 224 g/mol. The number of rotatable bonds is 5. The van der Waals surface area contributed by atoms with Crippen LogP contribution in [0.1, 0.15) is 45.6 Å². The van der Waals surface area contributed by atoms with Crippen molar-refractivity contribution in [3.8, 4) is 0 Å². The Morgan fingerprint density at radius 1 is 1.44 bits per heavy atom. The van der Waals surface area contributed by atoms with Crippen LogP contribution in [0.2, 0.25) is 0 Å². The summed E-state index contributed by atoms with van der Waals surface area (Å²) >= 11 is 0. The molecule has 1 aromatic rings. The van der Waals surface area contributed by atoms with Crippen molar-refractivity contribution < 1.29 is 4.42 Å². The van der Waals surface area contributed by atoms with Gasteiger partial charge in [-0.15, -0.1) is 0 Å². The van der Waals surface area contributed by atoms with Crippen LogP contribution in [0.5, 0.6) is 0 Å². The maximum absolute atomic E-state index is 5.45. The van der Waals surface area contributed by atoms with Crippen LogP contribution >= 0.6 is 0 Å². The number of oxazole rings is 1. The molecule has 0 saturated heterocycles. The van der Waals surface area contributed by atoms with E-state index in [9.17, 15) is 0 Å². The minimum absolute atomic E-state index is 0.378. The Balaban J connectivity index is 2.55. The molecule has 0 spiro atoms. The summed E-state index contributed by atoms with van der Waals surface area (Å²) in [5.41, 5.74) is 1.42. The SMILES string of the molecule is CNCc1ncoc1CC(C)CC(C)(C)C. The molecule has 0 radical (unpaired) electrons. The third-order valence-electron chi connectivity index (χ3n) is 2.56. The van der Waals surface area contributed by atoms with Crippen molar-refractivity contribution in [2.45, 2.75) is 47.1 Å². The first-order valence-corrected chi connectivity index (χ1v) is 5.98. The second-order valence-corrected chi connectivity index (χ2v) is 5.83. The maximum atomic E-state index is 5.45. The molecule has 0 aliphatic carbocycles. The minimum Gasteiger partial charge on any atom is -0.448 e. The smallest absolute Gasteiger partial charge is 0.181 e. The summed E-state index contributed by atoms with van der Waals surface area (Å²) in [7, 11) is 1.93. The first kappa shape index (κ1) is 13.2. The fourth-order valence-electron chi connectivity index (χ4n) is 2.21. The van der Waals surface area contributed by atoms with Gasteiger partial charge in [-0.3, -0.25) is 0 Å². The van der Waals surface area contributed by atoms with E-state index >= 15 is 0 Å². The molecule has 1 unspecified atom stereocenters. The molecule has 0 fully saturated rings. The Kier molecular flexibility index (Phi) is 4.54. The van der Waals surface area contributed by atoms with Crippen molar-refractivity contribution in [3.05, 3.63) is 17.8 Å². The average Bonchev–Trinajstić information content (AvgIpc) is 2.50. The van der Waals surface area contributed by atoms with E-state index in [1.807, 2.05) is 7.05 Å². The molecule has 1 heterocycles. The molecule has 3 nitrogen and oxygen atoms in total. The normalized spacial score (nSPS) is 14.1. The summed E-state index contributed by atoms with van der Waals surface area (Å²) in [6.45, 7) is 9.89. The lowest BCUT2D eigenvalue weighted by molar-refractivity contribution is 0.295. The molecular formula is C13H24N2O. The second kappa shape index (κ2) is 5.48. The lowest BCUT2D eigenvalue weighted by atomic mass is 9.83. The Morgan fingerprint density at radius 2 is 2.12 bits per heavy atom. The largest absolute Gasteiger partial charge is 0.448 e. The van der Waals surface area contributed by atoms with Gasteiger partial charge in [-0.05, 0) is 24.8 Å². The van der Waals surface area contributed by atoms with Gasteiger partial charge in [0.1, 0.15) is 5.76 Å². The standard InChI is InChI=1S/C13H24N2O/c1-10(7-13(2,3)4)6-12-11(8-14-5)15-9-16-12/h9-10,14H,6-8H2,1-5H3. The zero-order valence-electron chi connectivity index (χ0n) is 11.1. The van der Waals surface area contributed by atoms with Gasteiger partial charge in [-0.1, -0.05) is 27.7 Å². The summed E-state index contributed by atoms with van der Waals surface area (Å²) in [6, 6.07) is 0. The molecule has 3 heteroatoms. The van der Waals surface area contributed by atoms with Gasteiger partial charge >= 0.3 is 0 Å². The highest BCUT2D eigenvalue weighted by molar-refractivity contribution is 5.07. The lowest BCUT2D eigenvalue weighted by Crippen LogP contribution is -2.14. The van der Waals surface area contributed by atoms with Crippen LogP contribution < -0.4 is 5.32 Å². The summed E-state index contributed by atoms with van der Waals surface area (Å²) in [4.78, 5) is 4.23. The van der Waals surface area contributed by atoms with E-state index in [1.54, 1.807) is 6.39 Å². The van der Waals surface area contributed by atoms with E-state index < -0.39 is 0 Å². The summed E-state index contributed by atoms with van der Waals surface area (Å²) in [6.07, 6.45) is 3.73. The van der Waals surface area contributed by atoms with Gasteiger partial charge in [0.25, 0.3) is 0 Å². The van der Waals surface area contributed by atoms with Gasteiger partial charge in [0.15, 0.2) is 6.39 Å². The Labute approximate surface area is 98.6 Å². The molecule has 0 aliphatic heterocycles. The van der Waals surface area contributed by atoms with Crippen molar-refractivity contribution in [1.82, 2.24) is 10.3 Å².